The van der Waals surface area contributed by atoms with E-state index in [1.165, 1.54) is 30.7 Å². The zero-order valence-electron chi connectivity index (χ0n) is 18.2. The van der Waals surface area contributed by atoms with Gasteiger partial charge in [-0.15, -0.1) is 6.42 Å². The summed E-state index contributed by atoms with van der Waals surface area (Å²) < 4.78 is 31.8. The average Bonchev–Trinajstić information content (AvgIpc) is 2.84. The van der Waals surface area contributed by atoms with Gasteiger partial charge in [0.2, 0.25) is 10.0 Å². The SMILES string of the molecule is C#CCNS(=O)(=O)c1ccc(C(=O)NCC(c2ccc(OC)cc2)N2CCCCC2)cc1. The van der Waals surface area contributed by atoms with Crippen molar-refractivity contribution in [1.29, 1.82) is 0 Å². The highest BCUT2D eigenvalue weighted by molar-refractivity contribution is 7.89. The Labute approximate surface area is 190 Å². The van der Waals surface area contributed by atoms with Gasteiger partial charge in [-0.3, -0.25) is 9.69 Å². The van der Waals surface area contributed by atoms with E-state index in [9.17, 15) is 13.2 Å². The van der Waals surface area contributed by atoms with E-state index >= 15 is 0 Å². The van der Waals surface area contributed by atoms with Crippen LogP contribution in [0.2, 0.25) is 0 Å². The first kappa shape index (κ1) is 23.8. The molecule has 1 atom stereocenters. The Bertz CT molecular complexity index is 1040. The van der Waals surface area contributed by atoms with Gasteiger partial charge in [0.1, 0.15) is 5.75 Å². The number of carbonyl (C=O) groups excluding carboxylic acids is 1. The topological polar surface area (TPSA) is 87.7 Å². The average molecular weight is 456 g/mol. The highest BCUT2D eigenvalue weighted by Crippen LogP contribution is 2.26. The van der Waals surface area contributed by atoms with E-state index < -0.39 is 10.0 Å². The van der Waals surface area contributed by atoms with Crippen molar-refractivity contribution >= 4 is 15.9 Å². The Morgan fingerprint density at radius 1 is 1.09 bits per heavy atom. The van der Waals surface area contributed by atoms with Crippen molar-refractivity contribution in [3.63, 3.8) is 0 Å². The minimum Gasteiger partial charge on any atom is -0.497 e. The molecule has 0 aliphatic carbocycles. The van der Waals surface area contributed by atoms with Gasteiger partial charge in [-0.2, -0.15) is 4.72 Å². The van der Waals surface area contributed by atoms with E-state index in [1.54, 1.807) is 7.11 Å². The maximum Gasteiger partial charge on any atom is 0.251 e. The van der Waals surface area contributed by atoms with E-state index in [0.717, 1.165) is 37.2 Å². The molecule has 32 heavy (non-hydrogen) atoms. The van der Waals surface area contributed by atoms with E-state index in [0.29, 0.717) is 12.1 Å². The molecule has 1 saturated heterocycles. The first-order valence-corrected chi connectivity index (χ1v) is 12.1. The zero-order valence-corrected chi connectivity index (χ0v) is 19.0. The van der Waals surface area contributed by atoms with Crippen LogP contribution in [0.25, 0.3) is 0 Å². The number of nitrogens with one attached hydrogen (secondary N) is 2. The smallest absolute Gasteiger partial charge is 0.251 e. The number of piperidine rings is 1. The summed E-state index contributed by atoms with van der Waals surface area (Å²) >= 11 is 0. The number of amides is 1. The van der Waals surface area contributed by atoms with Crippen molar-refractivity contribution in [2.24, 2.45) is 0 Å². The molecule has 1 fully saturated rings. The molecule has 0 spiro atoms. The molecular weight excluding hydrogens is 426 g/mol. The minimum absolute atomic E-state index is 0.0535. The molecule has 0 aromatic heterocycles. The van der Waals surface area contributed by atoms with Gasteiger partial charge in [0.25, 0.3) is 5.91 Å². The van der Waals surface area contributed by atoms with Gasteiger partial charge in [0, 0.05) is 12.1 Å². The van der Waals surface area contributed by atoms with Gasteiger partial charge >= 0.3 is 0 Å². The molecule has 1 aliphatic rings. The molecule has 7 nitrogen and oxygen atoms in total. The van der Waals surface area contributed by atoms with Crippen LogP contribution in [0.1, 0.15) is 41.2 Å². The predicted molar refractivity (Wildman–Crippen MR) is 124 cm³/mol. The Morgan fingerprint density at radius 3 is 2.34 bits per heavy atom. The van der Waals surface area contributed by atoms with Gasteiger partial charge in [0.15, 0.2) is 0 Å². The van der Waals surface area contributed by atoms with E-state index in [2.05, 4.69) is 20.9 Å². The van der Waals surface area contributed by atoms with E-state index in [1.807, 2.05) is 24.3 Å². The maximum atomic E-state index is 12.8. The van der Waals surface area contributed by atoms with Gasteiger partial charge in [-0.1, -0.05) is 24.5 Å². The third-order valence-corrected chi connectivity index (χ3v) is 7.00. The fourth-order valence-corrected chi connectivity index (χ4v) is 4.75. The molecule has 1 aliphatic heterocycles. The normalized spacial score (nSPS) is 15.5. The molecule has 8 heteroatoms. The summed E-state index contributed by atoms with van der Waals surface area (Å²) in [7, 11) is -2.05. The summed E-state index contributed by atoms with van der Waals surface area (Å²) in [6, 6.07) is 13.8. The van der Waals surface area contributed by atoms with Crippen molar-refractivity contribution < 1.29 is 17.9 Å². The fraction of sp³-hybridized carbons (Fsp3) is 0.375. The number of ether oxygens (including phenoxy) is 1. The molecule has 2 N–H and O–H groups in total. The van der Waals surface area contributed by atoms with Crippen LogP contribution in [-0.4, -0.2) is 52.5 Å². The van der Waals surface area contributed by atoms with Crippen molar-refractivity contribution in [2.45, 2.75) is 30.2 Å². The van der Waals surface area contributed by atoms with Crippen molar-refractivity contribution in [1.82, 2.24) is 14.9 Å². The Hall–Kier alpha value is -2.86. The number of likely N-dealkylation sites (tertiary alicyclic amines) is 1. The third-order valence-electron chi connectivity index (χ3n) is 5.58. The van der Waals surface area contributed by atoms with Crippen LogP contribution in [0.4, 0.5) is 0 Å². The molecule has 0 bridgehead atoms. The lowest BCUT2D eigenvalue weighted by Crippen LogP contribution is -2.40. The van der Waals surface area contributed by atoms with Gasteiger partial charge in [-0.25, -0.2) is 8.42 Å². The Balaban J connectivity index is 1.69. The molecule has 1 unspecified atom stereocenters. The number of terminal acetylenes is 1. The van der Waals surface area contributed by atoms with Gasteiger partial charge in [0.05, 0.1) is 24.6 Å². The number of rotatable bonds is 9. The molecule has 2 aromatic carbocycles. The summed E-state index contributed by atoms with van der Waals surface area (Å²) in [5.74, 6) is 2.78. The number of hydrogen-bond acceptors (Lipinski definition) is 5. The van der Waals surface area contributed by atoms with Crippen LogP contribution in [0.5, 0.6) is 5.75 Å². The highest BCUT2D eigenvalue weighted by atomic mass is 32.2. The number of methoxy groups -OCH3 is 1. The van der Waals surface area contributed by atoms with Gasteiger partial charge < -0.3 is 10.1 Å². The molecule has 3 rings (SSSR count). The highest BCUT2D eigenvalue weighted by Gasteiger charge is 2.23. The number of sulfonamides is 1. The third kappa shape index (κ3) is 6.10. The summed E-state index contributed by atoms with van der Waals surface area (Å²) in [6.07, 6.45) is 8.62. The summed E-state index contributed by atoms with van der Waals surface area (Å²) in [5, 5.41) is 3.01. The predicted octanol–water partition coefficient (Wildman–Crippen LogP) is 2.56. The summed E-state index contributed by atoms with van der Waals surface area (Å²) in [6.45, 7) is 2.34. The quantitative estimate of drug-likeness (QED) is 0.568. The molecule has 1 heterocycles. The summed E-state index contributed by atoms with van der Waals surface area (Å²) in [4.78, 5) is 15.2. The first-order chi connectivity index (χ1) is 15.4. The number of hydrogen-bond donors (Lipinski definition) is 2. The molecule has 1 amide bonds. The second-order valence-electron chi connectivity index (χ2n) is 7.65. The monoisotopic (exact) mass is 455 g/mol. The van der Waals surface area contributed by atoms with E-state index in [4.69, 9.17) is 11.2 Å². The molecule has 0 radical (unpaired) electrons. The standard InChI is InChI=1S/C24H29N3O4S/c1-3-15-26-32(29,30)22-13-9-20(10-14-22)24(28)25-18-23(27-16-5-4-6-17-27)19-7-11-21(31-2)12-8-19/h1,7-14,23,26H,4-6,15-18H2,2H3,(H,25,28). The largest absolute Gasteiger partial charge is 0.497 e. The fourth-order valence-electron chi connectivity index (χ4n) is 3.81. The summed E-state index contributed by atoms with van der Waals surface area (Å²) in [5.41, 5.74) is 1.52. The number of nitrogens with zero attached hydrogens (tertiary/aromatic N) is 1. The minimum atomic E-state index is -3.69. The molecule has 170 valence electrons. The second kappa shape index (κ2) is 11.1. The lowest BCUT2D eigenvalue weighted by molar-refractivity contribution is 0.0924. The van der Waals surface area contributed by atoms with Crippen LogP contribution < -0.4 is 14.8 Å². The van der Waals surface area contributed by atoms with Crippen LogP contribution in [0.3, 0.4) is 0 Å². The Morgan fingerprint density at radius 2 is 1.75 bits per heavy atom. The first-order valence-electron chi connectivity index (χ1n) is 10.6. The van der Waals surface area contributed by atoms with Crippen molar-refractivity contribution in [2.75, 3.05) is 33.3 Å². The Kier molecular flexibility index (Phi) is 8.28. The zero-order chi connectivity index (χ0) is 23.0. The van der Waals surface area contributed by atoms with Gasteiger partial charge in [-0.05, 0) is 67.9 Å². The van der Waals surface area contributed by atoms with Crippen molar-refractivity contribution in [3.8, 4) is 18.1 Å². The van der Waals surface area contributed by atoms with E-state index in [-0.39, 0.29) is 23.4 Å². The maximum absolute atomic E-state index is 12.8. The van der Waals surface area contributed by atoms with Crippen LogP contribution >= 0.6 is 0 Å². The number of benzene rings is 2. The molecule has 0 saturated carbocycles. The lowest BCUT2D eigenvalue weighted by Gasteiger charge is -2.35. The molecular formula is C24H29N3O4S. The van der Waals surface area contributed by atoms with Crippen molar-refractivity contribution in [3.05, 3.63) is 59.7 Å². The number of carbonyl (C=O) groups is 1. The van der Waals surface area contributed by atoms with Crippen LogP contribution in [0.15, 0.2) is 53.4 Å². The van der Waals surface area contributed by atoms with Crippen LogP contribution in [-0.2, 0) is 10.0 Å². The second-order valence-corrected chi connectivity index (χ2v) is 9.42. The molecule has 2 aromatic rings. The van der Waals surface area contributed by atoms with Crippen LogP contribution in [0, 0.1) is 12.3 Å². The lowest BCUT2D eigenvalue weighted by atomic mass is 10.0.